The standard InChI is InChI=1S/C18H17Cl3N2OS/c19-15-3-1-2-4-17(15)25-13-24-18(21)7-5-14(16(20)11-18)6-9-23-10-8-22-12-23/h1-5,7-8,10-12,14H,6,9,13H2. The van der Waals surface area contributed by atoms with E-state index in [0.29, 0.717) is 16.0 Å². The van der Waals surface area contributed by atoms with Crippen molar-refractivity contribution in [3.05, 3.63) is 71.3 Å². The highest BCUT2D eigenvalue weighted by Gasteiger charge is 2.28. The van der Waals surface area contributed by atoms with Gasteiger partial charge in [-0.1, -0.05) is 64.8 Å². The van der Waals surface area contributed by atoms with Crippen LogP contribution in [0.2, 0.25) is 5.02 Å². The summed E-state index contributed by atoms with van der Waals surface area (Å²) in [4.78, 5) is 4.99. The van der Waals surface area contributed by atoms with Gasteiger partial charge >= 0.3 is 0 Å². The summed E-state index contributed by atoms with van der Waals surface area (Å²) in [5.74, 6) is 0.508. The second-order valence-corrected chi connectivity index (χ2v) is 8.02. The molecular weight excluding hydrogens is 399 g/mol. The molecule has 1 aromatic carbocycles. The van der Waals surface area contributed by atoms with E-state index in [0.717, 1.165) is 17.9 Å². The number of allylic oxidation sites excluding steroid dienone is 2. The number of thioether (sulfide) groups is 1. The lowest BCUT2D eigenvalue weighted by Gasteiger charge is -2.27. The van der Waals surface area contributed by atoms with Crippen molar-refractivity contribution in [1.29, 1.82) is 0 Å². The minimum atomic E-state index is -1.02. The molecule has 0 aliphatic heterocycles. The van der Waals surface area contributed by atoms with E-state index in [1.165, 1.54) is 11.8 Å². The van der Waals surface area contributed by atoms with Crippen LogP contribution < -0.4 is 0 Å². The zero-order valence-corrected chi connectivity index (χ0v) is 16.4. The summed E-state index contributed by atoms with van der Waals surface area (Å²) in [5.41, 5.74) is 0. The largest absolute Gasteiger partial charge is 0.341 e. The molecule has 1 aliphatic rings. The third-order valence-corrected chi connectivity index (χ3v) is 5.91. The lowest BCUT2D eigenvalue weighted by Crippen LogP contribution is -2.24. The van der Waals surface area contributed by atoms with Crippen molar-refractivity contribution >= 4 is 46.6 Å². The molecule has 1 aromatic heterocycles. The van der Waals surface area contributed by atoms with Crippen LogP contribution in [0.3, 0.4) is 0 Å². The third kappa shape index (κ3) is 5.28. The summed E-state index contributed by atoms with van der Waals surface area (Å²) in [5, 5.41) is 0.379. The van der Waals surface area contributed by atoms with Crippen LogP contribution in [0.5, 0.6) is 0 Å². The highest BCUT2D eigenvalue weighted by molar-refractivity contribution is 7.99. The topological polar surface area (TPSA) is 27.1 Å². The SMILES string of the molecule is ClC1=CC(Cl)(OCSc2ccccc2Cl)C=CC1CCn1ccnc1. The fraction of sp³-hybridized carbons (Fsp3) is 0.278. The van der Waals surface area contributed by atoms with Crippen LogP contribution in [0, 0.1) is 5.92 Å². The Bertz CT molecular complexity index is 763. The quantitative estimate of drug-likeness (QED) is 0.242. The molecule has 0 amide bonds. The Hall–Kier alpha value is -0.910. The average Bonchev–Trinajstić information content (AvgIpc) is 3.09. The van der Waals surface area contributed by atoms with Gasteiger partial charge in [0.1, 0.15) is 0 Å². The van der Waals surface area contributed by atoms with Gasteiger partial charge in [-0.3, -0.25) is 0 Å². The second-order valence-electron chi connectivity index (χ2n) is 5.62. The molecule has 2 aromatic rings. The minimum Gasteiger partial charge on any atom is -0.341 e. The highest BCUT2D eigenvalue weighted by Crippen LogP contribution is 2.36. The predicted molar refractivity (Wildman–Crippen MR) is 105 cm³/mol. The highest BCUT2D eigenvalue weighted by atomic mass is 35.5. The molecule has 0 saturated heterocycles. The summed E-state index contributed by atoms with van der Waals surface area (Å²) in [6, 6.07) is 7.63. The summed E-state index contributed by atoms with van der Waals surface area (Å²) >= 11 is 20.6. The van der Waals surface area contributed by atoms with Gasteiger partial charge in [0.05, 0.1) is 17.3 Å². The number of aryl methyl sites for hydroxylation is 1. The minimum absolute atomic E-state index is 0.135. The zero-order chi connectivity index (χ0) is 17.7. The van der Waals surface area contributed by atoms with Crippen LogP contribution in [0.4, 0.5) is 0 Å². The predicted octanol–water partition coefficient (Wildman–Crippen LogP) is 5.94. The van der Waals surface area contributed by atoms with Crippen molar-refractivity contribution in [1.82, 2.24) is 9.55 Å². The first-order valence-corrected chi connectivity index (χ1v) is 9.91. The van der Waals surface area contributed by atoms with E-state index in [2.05, 4.69) is 4.98 Å². The number of rotatable bonds is 7. The molecule has 2 unspecified atom stereocenters. The van der Waals surface area contributed by atoms with Gasteiger partial charge in [-0.05, 0) is 30.7 Å². The number of nitrogens with zero attached hydrogens (tertiary/aromatic N) is 2. The Kier molecular flexibility index (Phi) is 6.53. The first-order chi connectivity index (χ1) is 12.1. The Balaban J connectivity index is 1.52. The number of aromatic nitrogens is 2. The van der Waals surface area contributed by atoms with Gasteiger partial charge in [-0.15, -0.1) is 0 Å². The fourth-order valence-corrected chi connectivity index (χ4v) is 4.23. The van der Waals surface area contributed by atoms with E-state index < -0.39 is 5.06 Å². The molecule has 3 nitrogen and oxygen atoms in total. The molecule has 132 valence electrons. The molecule has 7 heteroatoms. The first kappa shape index (κ1) is 18.9. The monoisotopic (exact) mass is 414 g/mol. The zero-order valence-electron chi connectivity index (χ0n) is 13.3. The number of ether oxygens (including phenoxy) is 1. The lowest BCUT2D eigenvalue weighted by molar-refractivity contribution is 0.127. The van der Waals surface area contributed by atoms with E-state index in [4.69, 9.17) is 39.5 Å². The number of imidazole rings is 1. The first-order valence-electron chi connectivity index (χ1n) is 7.79. The van der Waals surface area contributed by atoms with E-state index in [1.807, 2.05) is 47.2 Å². The Morgan fingerprint density at radius 2 is 2.12 bits per heavy atom. The van der Waals surface area contributed by atoms with Crippen molar-refractivity contribution < 1.29 is 4.74 Å². The van der Waals surface area contributed by atoms with Crippen molar-refractivity contribution in [2.75, 3.05) is 5.94 Å². The number of halogens is 3. The summed E-state index contributed by atoms with van der Waals surface area (Å²) < 4.78 is 7.83. The van der Waals surface area contributed by atoms with Gasteiger partial charge < -0.3 is 9.30 Å². The summed E-state index contributed by atoms with van der Waals surface area (Å²) in [7, 11) is 0. The van der Waals surface area contributed by atoms with E-state index >= 15 is 0 Å². The van der Waals surface area contributed by atoms with Gasteiger partial charge in [0.2, 0.25) is 0 Å². The van der Waals surface area contributed by atoms with Gasteiger partial charge in [0.15, 0.2) is 5.06 Å². The Morgan fingerprint density at radius 1 is 1.28 bits per heavy atom. The molecule has 0 saturated carbocycles. The number of hydrogen-bond donors (Lipinski definition) is 0. The van der Waals surface area contributed by atoms with Crippen LogP contribution in [-0.4, -0.2) is 20.6 Å². The van der Waals surface area contributed by atoms with Gasteiger partial charge in [0.25, 0.3) is 0 Å². The number of hydrogen-bond acceptors (Lipinski definition) is 3. The average molecular weight is 416 g/mol. The molecule has 25 heavy (non-hydrogen) atoms. The number of benzene rings is 1. The summed E-state index contributed by atoms with van der Waals surface area (Å²) in [6.07, 6.45) is 12.0. The molecule has 0 radical (unpaired) electrons. The molecular formula is C18H17Cl3N2OS. The Labute approximate surface area is 166 Å². The molecule has 0 bridgehead atoms. The molecule has 1 heterocycles. The van der Waals surface area contributed by atoms with Gasteiger partial charge in [0, 0.05) is 34.8 Å². The Morgan fingerprint density at radius 3 is 2.84 bits per heavy atom. The molecule has 3 rings (SSSR count). The van der Waals surface area contributed by atoms with Crippen LogP contribution in [-0.2, 0) is 11.3 Å². The summed E-state index contributed by atoms with van der Waals surface area (Å²) in [6.45, 7) is 0.845. The normalized spacial score (nSPS) is 22.8. The van der Waals surface area contributed by atoms with Gasteiger partial charge in [-0.25, -0.2) is 4.98 Å². The van der Waals surface area contributed by atoms with Crippen LogP contribution in [0.15, 0.2) is 71.1 Å². The van der Waals surface area contributed by atoms with Crippen molar-refractivity contribution in [2.45, 2.75) is 22.9 Å². The van der Waals surface area contributed by atoms with Crippen LogP contribution in [0.25, 0.3) is 0 Å². The molecule has 2 atom stereocenters. The smallest absolute Gasteiger partial charge is 0.181 e. The maximum Gasteiger partial charge on any atom is 0.181 e. The second kappa shape index (κ2) is 8.65. The number of alkyl halides is 1. The van der Waals surface area contributed by atoms with Crippen molar-refractivity contribution in [3.8, 4) is 0 Å². The molecule has 1 aliphatic carbocycles. The maximum atomic E-state index is 6.51. The molecule has 0 N–H and O–H groups in total. The third-order valence-electron chi connectivity index (χ3n) is 3.83. The van der Waals surface area contributed by atoms with Gasteiger partial charge in [-0.2, -0.15) is 0 Å². The van der Waals surface area contributed by atoms with E-state index in [-0.39, 0.29) is 5.92 Å². The van der Waals surface area contributed by atoms with Crippen molar-refractivity contribution in [2.24, 2.45) is 5.92 Å². The fourth-order valence-electron chi connectivity index (χ4n) is 2.46. The van der Waals surface area contributed by atoms with Crippen LogP contribution in [0.1, 0.15) is 6.42 Å². The van der Waals surface area contributed by atoms with E-state index in [9.17, 15) is 0 Å². The maximum absolute atomic E-state index is 6.51. The molecule has 0 spiro atoms. The van der Waals surface area contributed by atoms with E-state index in [1.54, 1.807) is 18.6 Å². The molecule has 0 fully saturated rings. The van der Waals surface area contributed by atoms with Crippen LogP contribution >= 0.6 is 46.6 Å². The van der Waals surface area contributed by atoms with Crippen molar-refractivity contribution in [3.63, 3.8) is 0 Å². The lowest BCUT2D eigenvalue weighted by atomic mass is 9.98.